The largest absolute Gasteiger partial charge is 0.493 e. The summed E-state index contributed by atoms with van der Waals surface area (Å²) in [6.07, 6.45) is 3.82. The monoisotopic (exact) mass is 334 g/mol. The summed E-state index contributed by atoms with van der Waals surface area (Å²) in [7, 11) is 0. The molecule has 2 aliphatic heterocycles. The van der Waals surface area contributed by atoms with Gasteiger partial charge < -0.3 is 14.6 Å². The minimum Gasteiger partial charge on any atom is -0.493 e. The average molecular weight is 334 g/mol. The summed E-state index contributed by atoms with van der Waals surface area (Å²) in [6.45, 7) is 4.54. The summed E-state index contributed by atoms with van der Waals surface area (Å²) in [5, 5.41) is 7.63. The molecule has 126 valence electrons. The van der Waals surface area contributed by atoms with Crippen molar-refractivity contribution in [2.75, 3.05) is 13.2 Å². The Morgan fingerprint density at radius 3 is 3.08 bits per heavy atom. The summed E-state index contributed by atoms with van der Waals surface area (Å²) in [4.78, 5) is 9.19. The van der Waals surface area contributed by atoms with Gasteiger partial charge in [-0.2, -0.15) is 4.98 Å². The van der Waals surface area contributed by atoms with Crippen molar-refractivity contribution in [2.45, 2.75) is 26.3 Å². The highest BCUT2D eigenvalue weighted by molar-refractivity contribution is 5.67. The van der Waals surface area contributed by atoms with E-state index in [1.54, 1.807) is 0 Å². The molecule has 0 bridgehead atoms. The molecule has 6 nitrogen and oxygen atoms in total. The van der Waals surface area contributed by atoms with Crippen LogP contribution in [0, 0.1) is 6.92 Å². The number of nitrogens with zero attached hydrogens (tertiary/aromatic N) is 3. The van der Waals surface area contributed by atoms with Crippen molar-refractivity contribution in [3.63, 3.8) is 0 Å². The van der Waals surface area contributed by atoms with E-state index in [0.29, 0.717) is 11.7 Å². The van der Waals surface area contributed by atoms with Crippen molar-refractivity contribution in [2.24, 2.45) is 0 Å². The molecule has 2 aliphatic rings. The molecule has 0 saturated carbocycles. The molecule has 4 heterocycles. The van der Waals surface area contributed by atoms with Gasteiger partial charge in [0.25, 0.3) is 5.89 Å². The fourth-order valence-electron chi connectivity index (χ4n) is 3.63. The lowest BCUT2D eigenvalue weighted by atomic mass is 9.95. The Morgan fingerprint density at radius 2 is 2.12 bits per heavy atom. The third-order valence-corrected chi connectivity index (χ3v) is 4.92. The van der Waals surface area contributed by atoms with Crippen LogP contribution in [0.5, 0.6) is 5.75 Å². The van der Waals surface area contributed by atoms with E-state index in [2.05, 4.69) is 26.5 Å². The molecule has 0 radical (unpaired) electrons. The number of benzene rings is 1. The number of nitrogens with one attached hydrogen (secondary N) is 1. The Kier molecular flexibility index (Phi) is 3.31. The molecular formula is C19H18N4O2. The molecule has 0 fully saturated rings. The molecule has 0 spiro atoms. The first-order valence-corrected chi connectivity index (χ1v) is 8.58. The van der Waals surface area contributed by atoms with Gasteiger partial charge in [-0.25, -0.2) is 0 Å². The van der Waals surface area contributed by atoms with E-state index in [0.717, 1.165) is 55.1 Å². The maximum atomic E-state index is 5.57. The van der Waals surface area contributed by atoms with Gasteiger partial charge in [0, 0.05) is 36.0 Å². The van der Waals surface area contributed by atoms with E-state index >= 15 is 0 Å². The number of aryl methyl sites for hydroxylation is 1. The van der Waals surface area contributed by atoms with Gasteiger partial charge in [0.2, 0.25) is 5.82 Å². The van der Waals surface area contributed by atoms with E-state index in [1.807, 2.05) is 25.3 Å². The third kappa shape index (κ3) is 2.41. The fourth-order valence-corrected chi connectivity index (χ4v) is 3.63. The van der Waals surface area contributed by atoms with Crippen LogP contribution in [-0.2, 0) is 19.4 Å². The second-order valence-corrected chi connectivity index (χ2v) is 6.49. The van der Waals surface area contributed by atoms with Gasteiger partial charge in [0.15, 0.2) is 0 Å². The van der Waals surface area contributed by atoms with Gasteiger partial charge in [-0.3, -0.25) is 4.98 Å². The summed E-state index contributed by atoms with van der Waals surface area (Å²) in [6, 6.07) is 6.02. The Bertz CT molecular complexity index is 964. The van der Waals surface area contributed by atoms with Crippen LogP contribution in [-0.4, -0.2) is 28.3 Å². The highest BCUT2D eigenvalue weighted by atomic mass is 16.5. The highest BCUT2D eigenvalue weighted by Gasteiger charge is 2.22. The van der Waals surface area contributed by atoms with E-state index in [1.165, 1.54) is 16.7 Å². The molecule has 0 amide bonds. The molecule has 1 aromatic carbocycles. The Labute approximate surface area is 145 Å². The van der Waals surface area contributed by atoms with Gasteiger partial charge in [-0.15, -0.1) is 0 Å². The highest BCUT2D eigenvalue weighted by Crippen LogP contribution is 2.33. The van der Waals surface area contributed by atoms with Gasteiger partial charge in [-0.05, 0) is 54.8 Å². The minimum absolute atomic E-state index is 0.538. The summed E-state index contributed by atoms with van der Waals surface area (Å²) in [5.74, 6) is 2.11. The molecule has 2 aromatic heterocycles. The van der Waals surface area contributed by atoms with Crippen molar-refractivity contribution in [1.29, 1.82) is 0 Å². The van der Waals surface area contributed by atoms with Crippen LogP contribution in [0.1, 0.15) is 22.4 Å². The molecule has 3 aromatic rings. The Balaban J connectivity index is 1.57. The number of pyridine rings is 1. The van der Waals surface area contributed by atoms with Crippen LogP contribution in [0.25, 0.3) is 22.8 Å². The molecule has 0 unspecified atom stereocenters. The van der Waals surface area contributed by atoms with E-state index in [-0.39, 0.29) is 0 Å². The fraction of sp³-hybridized carbons (Fsp3) is 0.316. The first-order chi connectivity index (χ1) is 12.3. The van der Waals surface area contributed by atoms with Gasteiger partial charge >= 0.3 is 0 Å². The maximum absolute atomic E-state index is 5.57. The molecular weight excluding hydrogens is 316 g/mol. The first kappa shape index (κ1) is 14.6. The lowest BCUT2D eigenvalue weighted by molar-refractivity contribution is 0.357. The summed E-state index contributed by atoms with van der Waals surface area (Å²) < 4.78 is 11.1. The van der Waals surface area contributed by atoms with Crippen LogP contribution in [0.4, 0.5) is 0 Å². The summed E-state index contributed by atoms with van der Waals surface area (Å²) >= 11 is 0. The van der Waals surface area contributed by atoms with Crippen molar-refractivity contribution in [3.05, 3.63) is 46.8 Å². The lowest BCUT2D eigenvalue weighted by Crippen LogP contribution is -2.24. The van der Waals surface area contributed by atoms with E-state index in [4.69, 9.17) is 9.26 Å². The van der Waals surface area contributed by atoms with Gasteiger partial charge in [0.05, 0.1) is 6.61 Å². The topological polar surface area (TPSA) is 73.1 Å². The molecule has 25 heavy (non-hydrogen) atoms. The number of fused-ring (bicyclic) bond motifs is 2. The van der Waals surface area contributed by atoms with Crippen molar-refractivity contribution < 1.29 is 9.26 Å². The zero-order chi connectivity index (χ0) is 16.8. The molecule has 0 aliphatic carbocycles. The third-order valence-electron chi connectivity index (χ3n) is 4.92. The second-order valence-electron chi connectivity index (χ2n) is 6.49. The van der Waals surface area contributed by atoms with Crippen molar-refractivity contribution in [1.82, 2.24) is 20.4 Å². The van der Waals surface area contributed by atoms with Crippen LogP contribution >= 0.6 is 0 Å². The van der Waals surface area contributed by atoms with Crippen LogP contribution in [0.15, 0.2) is 28.9 Å². The molecule has 0 atom stereocenters. The summed E-state index contributed by atoms with van der Waals surface area (Å²) in [5.41, 5.74) is 6.57. The quantitative estimate of drug-likeness (QED) is 0.777. The lowest BCUT2D eigenvalue weighted by Gasteiger charge is -2.19. The van der Waals surface area contributed by atoms with E-state index < -0.39 is 0 Å². The molecule has 5 rings (SSSR count). The number of hydrogen-bond donors (Lipinski definition) is 1. The predicted molar refractivity (Wildman–Crippen MR) is 92.3 cm³/mol. The standard InChI is InChI=1S/C19H18N4O2/c1-11-17(15-4-6-20-9-14(15)10-21-11)18-22-19(25-23-18)13-2-3-16-12(8-13)5-7-24-16/h2-3,8,10,20H,4-7,9H2,1H3. The number of rotatable bonds is 2. The Morgan fingerprint density at radius 1 is 1.16 bits per heavy atom. The smallest absolute Gasteiger partial charge is 0.258 e. The van der Waals surface area contributed by atoms with Crippen LogP contribution in [0.2, 0.25) is 0 Å². The number of ether oxygens (including phenoxy) is 1. The van der Waals surface area contributed by atoms with Gasteiger partial charge in [0.1, 0.15) is 5.75 Å². The number of aromatic nitrogens is 3. The zero-order valence-electron chi connectivity index (χ0n) is 14.0. The normalized spacial score (nSPS) is 15.6. The number of hydrogen-bond acceptors (Lipinski definition) is 6. The SMILES string of the molecule is Cc1ncc2c(c1-c1noc(-c3ccc4c(c3)CCO4)n1)CCNC2. The van der Waals surface area contributed by atoms with Crippen LogP contribution in [0.3, 0.4) is 0 Å². The average Bonchev–Trinajstić information content (AvgIpc) is 3.30. The van der Waals surface area contributed by atoms with Crippen LogP contribution < -0.4 is 10.1 Å². The molecule has 1 N–H and O–H groups in total. The Hall–Kier alpha value is -2.73. The predicted octanol–water partition coefficient (Wildman–Crippen LogP) is 2.69. The first-order valence-electron chi connectivity index (χ1n) is 8.58. The minimum atomic E-state index is 0.538. The van der Waals surface area contributed by atoms with E-state index in [9.17, 15) is 0 Å². The maximum Gasteiger partial charge on any atom is 0.258 e. The van der Waals surface area contributed by atoms with Crippen molar-refractivity contribution >= 4 is 0 Å². The molecule has 6 heteroatoms. The second kappa shape index (κ2) is 5.67. The molecule has 0 saturated heterocycles. The van der Waals surface area contributed by atoms with Gasteiger partial charge in [-0.1, -0.05) is 5.16 Å². The zero-order valence-corrected chi connectivity index (χ0v) is 14.0. The van der Waals surface area contributed by atoms with Crippen molar-refractivity contribution in [3.8, 4) is 28.6 Å².